The van der Waals surface area contributed by atoms with Gasteiger partial charge in [-0.15, -0.1) is 11.3 Å². The normalized spacial score (nSPS) is 25.1. The van der Waals surface area contributed by atoms with Crippen molar-refractivity contribution in [2.45, 2.75) is 32.2 Å². The van der Waals surface area contributed by atoms with Crippen LogP contribution in [0.4, 0.5) is 4.79 Å². The molecule has 112 valence electrons. The highest BCUT2D eigenvalue weighted by Gasteiger charge is 2.49. The summed E-state index contributed by atoms with van der Waals surface area (Å²) < 4.78 is 0. The van der Waals surface area contributed by atoms with Crippen LogP contribution in [0.25, 0.3) is 0 Å². The van der Waals surface area contributed by atoms with E-state index in [1.807, 2.05) is 19.9 Å². The molecular formula is C14H17N3O3S. The highest BCUT2D eigenvalue weighted by molar-refractivity contribution is 7.12. The van der Waals surface area contributed by atoms with Gasteiger partial charge in [-0.25, -0.2) is 4.79 Å². The Balaban J connectivity index is 1.83. The number of rotatable bonds is 1. The lowest BCUT2D eigenvalue weighted by atomic mass is 9.89. The Morgan fingerprint density at radius 1 is 1.38 bits per heavy atom. The molecule has 7 heteroatoms. The van der Waals surface area contributed by atoms with Gasteiger partial charge in [0.1, 0.15) is 5.54 Å². The molecule has 1 aromatic rings. The number of nitrogens with one attached hydrogen (secondary N) is 2. The molecule has 6 nitrogen and oxygen atoms in total. The van der Waals surface area contributed by atoms with Gasteiger partial charge in [-0.2, -0.15) is 0 Å². The number of imide groups is 1. The number of likely N-dealkylation sites (tertiary alicyclic amines) is 1. The van der Waals surface area contributed by atoms with Gasteiger partial charge in [-0.1, -0.05) is 0 Å². The van der Waals surface area contributed by atoms with Crippen LogP contribution in [0.1, 0.15) is 33.0 Å². The number of piperidine rings is 1. The van der Waals surface area contributed by atoms with E-state index in [1.165, 1.54) is 0 Å². The molecule has 2 N–H and O–H groups in total. The van der Waals surface area contributed by atoms with E-state index in [0.717, 1.165) is 9.75 Å². The van der Waals surface area contributed by atoms with E-state index in [9.17, 15) is 14.4 Å². The Labute approximate surface area is 126 Å². The third kappa shape index (κ3) is 2.31. The van der Waals surface area contributed by atoms with Gasteiger partial charge >= 0.3 is 6.03 Å². The fraction of sp³-hybridized carbons (Fsp3) is 0.500. The number of carbonyl (C=O) groups is 3. The predicted molar refractivity (Wildman–Crippen MR) is 78.3 cm³/mol. The zero-order valence-corrected chi connectivity index (χ0v) is 12.8. The lowest BCUT2D eigenvalue weighted by Crippen LogP contribution is -2.59. The third-order valence-corrected chi connectivity index (χ3v) is 5.03. The molecule has 1 aromatic heterocycles. The number of nitrogens with zero attached hydrogens (tertiary/aromatic N) is 1. The second kappa shape index (κ2) is 4.84. The quantitative estimate of drug-likeness (QED) is 0.765. The molecule has 2 aliphatic rings. The van der Waals surface area contributed by atoms with Crippen LogP contribution in [0, 0.1) is 13.8 Å². The summed E-state index contributed by atoms with van der Waals surface area (Å²) in [5.74, 6) is -0.395. The van der Waals surface area contributed by atoms with Gasteiger partial charge in [0, 0.05) is 16.3 Å². The molecule has 0 saturated carbocycles. The summed E-state index contributed by atoms with van der Waals surface area (Å²) in [6, 6.07) is 1.41. The number of hydrogen-bond acceptors (Lipinski definition) is 4. The first-order chi connectivity index (χ1) is 9.91. The van der Waals surface area contributed by atoms with Gasteiger partial charge in [-0.05, 0) is 32.8 Å². The van der Waals surface area contributed by atoms with Crippen molar-refractivity contribution in [1.82, 2.24) is 15.5 Å². The summed E-state index contributed by atoms with van der Waals surface area (Å²) >= 11 is 1.59. The van der Waals surface area contributed by atoms with Gasteiger partial charge in [-0.3, -0.25) is 14.9 Å². The molecule has 2 saturated heterocycles. The zero-order chi connectivity index (χ0) is 15.2. The fourth-order valence-electron chi connectivity index (χ4n) is 3.06. The third-order valence-electron chi connectivity index (χ3n) is 4.07. The smallest absolute Gasteiger partial charge is 0.322 e. The highest BCUT2D eigenvalue weighted by atomic mass is 32.1. The molecular weight excluding hydrogens is 290 g/mol. The predicted octanol–water partition coefficient (Wildman–Crippen LogP) is 1.18. The first-order valence-electron chi connectivity index (χ1n) is 6.91. The van der Waals surface area contributed by atoms with E-state index in [0.29, 0.717) is 24.9 Å². The van der Waals surface area contributed by atoms with Gasteiger partial charge in [0.25, 0.3) is 11.8 Å². The van der Waals surface area contributed by atoms with Gasteiger partial charge in [0.2, 0.25) is 0 Å². The van der Waals surface area contributed by atoms with Gasteiger partial charge < -0.3 is 10.2 Å². The monoisotopic (exact) mass is 307 g/mol. The van der Waals surface area contributed by atoms with Crippen molar-refractivity contribution >= 4 is 29.2 Å². The zero-order valence-electron chi connectivity index (χ0n) is 12.0. The summed E-state index contributed by atoms with van der Waals surface area (Å²) in [7, 11) is 0. The van der Waals surface area contributed by atoms with Crippen molar-refractivity contribution in [2.75, 3.05) is 13.1 Å². The molecule has 0 aromatic carbocycles. The second-order valence-electron chi connectivity index (χ2n) is 5.65. The molecule has 0 radical (unpaired) electrons. The van der Waals surface area contributed by atoms with Crippen LogP contribution in [0.5, 0.6) is 0 Å². The van der Waals surface area contributed by atoms with Crippen LogP contribution in [0.2, 0.25) is 0 Å². The minimum atomic E-state index is -0.954. The maximum absolute atomic E-state index is 12.7. The molecule has 0 aliphatic carbocycles. The summed E-state index contributed by atoms with van der Waals surface area (Å²) in [5, 5.41) is 4.95. The van der Waals surface area contributed by atoms with E-state index in [2.05, 4.69) is 10.6 Å². The molecule has 4 amide bonds. The van der Waals surface area contributed by atoms with Crippen LogP contribution >= 0.6 is 11.3 Å². The van der Waals surface area contributed by atoms with E-state index < -0.39 is 11.6 Å². The number of thiophene rings is 1. The fourth-order valence-corrected chi connectivity index (χ4v) is 3.97. The molecule has 1 atom stereocenters. The Morgan fingerprint density at radius 2 is 2.14 bits per heavy atom. The van der Waals surface area contributed by atoms with Crippen molar-refractivity contribution < 1.29 is 14.4 Å². The number of carbonyl (C=O) groups excluding carboxylic acids is 3. The van der Waals surface area contributed by atoms with Crippen LogP contribution in [-0.2, 0) is 4.79 Å². The Bertz CT molecular complexity index is 639. The molecule has 2 aliphatic heterocycles. The SMILES string of the molecule is Cc1cc(C(=O)N2CCCC3(C2)NC(=O)NC3=O)c(C)s1. The maximum atomic E-state index is 12.7. The summed E-state index contributed by atoms with van der Waals surface area (Å²) in [6.07, 6.45) is 1.26. The van der Waals surface area contributed by atoms with Crippen molar-refractivity contribution in [3.05, 3.63) is 21.4 Å². The van der Waals surface area contributed by atoms with E-state index in [1.54, 1.807) is 16.2 Å². The maximum Gasteiger partial charge on any atom is 0.322 e. The highest BCUT2D eigenvalue weighted by Crippen LogP contribution is 2.28. The van der Waals surface area contributed by atoms with Crippen LogP contribution < -0.4 is 10.6 Å². The number of aryl methyl sites for hydroxylation is 2. The minimum Gasteiger partial charge on any atom is -0.336 e. The van der Waals surface area contributed by atoms with Gasteiger partial charge in [0.15, 0.2) is 0 Å². The van der Waals surface area contributed by atoms with Crippen LogP contribution in [0.15, 0.2) is 6.07 Å². The Morgan fingerprint density at radius 3 is 2.71 bits per heavy atom. The molecule has 3 heterocycles. The topological polar surface area (TPSA) is 78.5 Å². The second-order valence-corrected chi connectivity index (χ2v) is 7.11. The summed E-state index contributed by atoms with van der Waals surface area (Å²) in [4.78, 5) is 39.8. The molecule has 1 unspecified atom stereocenters. The van der Waals surface area contributed by atoms with Crippen LogP contribution in [0.3, 0.4) is 0 Å². The Hall–Kier alpha value is -1.89. The molecule has 1 spiro atoms. The largest absolute Gasteiger partial charge is 0.336 e. The molecule has 3 rings (SSSR count). The van der Waals surface area contributed by atoms with E-state index in [-0.39, 0.29) is 18.4 Å². The lowest BCUT2D eigenvalue weighted by molar-refractivity contribution is -0.125. The van der Waals surface area contributed by atoms with Crippen LogP contribution in [-0.4, -0.2) is 41.4 Å². The van der Waals surface area contributed by atoms with E-state index >= 15 is 0 Å². The van der Waals surface area contributed by atoms with Crippen molar-refractivity contribution in [1.29, 1.82) is 0 Å². The van der Waals surface area contributed by atoms with E-state index in [4.69, 9.17) is 0 Å². The molecule has 21 heavy (non-hydrogen) atoms. The first kappa shape index (κ1) is 14.1. The Kier molecular flexibility index (Phi) is 3.24. The van der Waals surface area contributed by atoms with Crippen molar-refractivity contribution in [3.63, 3.8) is 0 Å². The van der Waals surface area contributed by atoms with Crippen molar-refractivity contribution in [3.8, 4) is 0 Å². The number of amides is 4. The summed E-state index contributed by atoms with van der Waals surface area (Å²) in [5.41, 5.74) is -0.261. The summed E-state index contributed by atoms with van der Waals surface area (Å²) in [6.45, 7) is 4.74. The average Bonchev–Trinajstić information content (AvgIpc) is 2.89. The standard InChI is InChI=1S/C14H17N3O3S/c1-8-6-10(9(2)21-8)11(18)17-5-3-4-14(7-17)12(19)15-13(20)16-14/h6H,3-5,7H2,1-2H3,(H2,15,16,19,20). The lowest BCUT2D eigenvalue weighted by Gasteiger charge is -2.38. The average molecular weight is 307 g/mol. The molecule has 2 fully saturated rings. The minimum absolute atomic E-state index is 0.0649. The first-order valence-corrected chi connectivity index (χ1v) is 7.73. The molecule has 0 bridgehead atoms. The number of urea groups is 1. The van der Waals surface area contributed by atoms with Gasteiger partial charge in [0.05, 0.1) is 12.1 Å². The van der Waals surface area contributed by atoms with Crippen molar-refractivity contribution in [2.24, 2.45) is 0 Å². The number of hydrogen-bond donors (Lipinski definition) is 2.